The van der Waals surface area contributed by atoms with Gasteiger partial charge >= 0.3 is 0 Å². The number of nitrogens with zero attached hydrogens (tertiary/aromatic N) is 2. The Morgan fingerprint density at radius 3 is 2.75 bits per heavy atom. The maximum Gasteiger partial charge on any atom is 0.0445 e. The zero-order valence-corrected chi connectivity index (χ0v) is 13.3. The fourth-order valence-electron chi connectivity index (χ4n) is 2.79. The van der Waals surface area contributed by atoms with Crippen molar-refractivity contribution in [2.24, 2.45) is 5.92 Å². The molecular formula is C17H29N3. The number of pyridine rings is 1. The summed E-state index contributed by atoms with van der Waals surface area (Å²) >= 11 is 0. The molecule has 1 aromatic rings. The first-order valence-electron chi connectivity index (χ1n) is 8.15. The van der Waals surface area contributed by atoms with Crippen molar-refractivity contribution in [3.8, 4) is 0 Å². The fraction of sp³-hybridized carbons (Fsp3) is 0.706. The molecule has 1 saturated carbocycles. The predicted octanol–water partition coefficient (Wildman–Crippen LogP) is 3.52. The second-order valence-electron chi connectivity index (χ2n) is 5.97. The second-order valence-corrected chi connectivity index (χ2v) is 5.97. The minimum Gasteiger partial charge on any atom is -0.371 e. The first-order valence-corrected chi connectivity index (χ1v) is 8.15. The third-order valence-electron chi connectivity index (χ3n) is 4.27. The van der Waals surface area contributed by atoms with Gasteiger partial charge in [-0.15, -0.1) is 0 Å². The molecule has 0 amide bonds. The summed E-state index contributed by atoms with van der Waals surface area (Å²) in [5.41, 5.74) is 3.84. The first-order chi connectivity index (χ1) is 9.74. The molecule has 1 fully saturated rings. The van der Waals surface area contributed by atoms with Crippen LogP contribution in [0.15, 0.2) is 12.3 Å². The Balaban J connectivity index is 2.10. The number of aryl methyl sites for hydroxylation is 1. The number of nitrogens with one attached hydrogen (secondary N) is 1. The van der Waals surface area contributed by atoms with Crippen LogP contribution in [-0.4, -0.2) is 24.6 Å². The molecule has 0 aromatic carbocycles. The van der Waals surface area contributed by atoms with Crippen LogP contribution in [0.25, 0.3) is 0 Å². The molecule has 112 valence electrons. The quantitative estimate of drug-likeness (QED) is 0.736. The van der Waals surface area contributed by atoms with Gasteiger partial charge in [0, 0.05) is 42.8 Å². The Morgan fingerprint density at radius 2 is 2.15 bits per heavy atom. The molecule has 0 atom stereocenters. The predicted molar refractivity (Wildman–Crippen MR) is 86.2 cm³/mol. The molecule has 0 aliphatic heterocycles. The Labute approximate surface area is 123 Å². The lowest BCUT2D eigenvalue weighted by molar-refractivity contribution is 0.318. The maximum absolute atomic E-state index is 4.48. The van der Waals surface area contributed by atoms with Crippen LogP contribution in [0.2, 0.25) is 0 Å². The summed E-state index contributed by atoms with van der Waals surface area (Å²) in [6, 6.07) is 2.26. The highest BCUT2D eigenvalue weighted by atomic mass is 15.1. The lowest BCUT2D eigenvalue weighted by Gasteiger charge is -2.34. The topological polar surface area (TPSA) is 28.2 Å². The van der Waals surface area contributed by atoms with E-state index in [0.29, 0.717) is 0 Å². The number of hydrogen-bond acceptors (Lipinski definition) is 3. The van der Waals surface area contributed by atoms with Crippen LogP contribution in [-0.2, 0) is 6.54 Å². The van der Waals surface area contributed by atoms with Crippen molar-refractivity contribution in [2.75, 3.05) is 24.5 Å². The van der Waals surface area contributed by atoms with Crippen molar-refractivity contribution in [3.63, 3.8) is 0 Å². The Bertz CT molecular complexity index is 413. The molecule has 0 radical (unpaired) electrons. The smallest absolute Gasteiger partial charge is 0.0445 e. The van der Waals surface area contributed by atoms with Crippen molar-refractivity contribution in [1.82, 2.24) is 10.3 Å². The summed E-state index contributed by atoms with van der Waals surface area (Å²) < 4.78 is 0. The lowest BCUT2D eigenvalue weighted by Crippen LogP contribution is -2.33. The van der Waals surface area contributed by atoms with Crippen LogP contribution in [0.3, 0.4) is 0 Å². The normalized spacial score (nSPS) is 15.2. The molecule has 0 saturated heterocycles. The molecule has 20 heavy (non-hydrogen) atoms. The van der Waals surface area contributed by atoms with Crippen molar-refractivity contribution in [3.05, 3.63) is 23.5 Å². The molecular weight excluding hydrogens is 246 g/mol. The summed E-state index contributed by atoms with van der Waals surface area (Å²) in [6.07, 6.45) is 7.46. The number of aromatic nitrogens is 1. The van der Waals surface area contributed by atoms with Crippen LogP contribution in [0, 0.1) is 12.8 Å². The van der Waals surface area contributed by atoms with E-state index in [9.17, 15) is 0 Å². The Kier molecular flexibility index (Phi) is 5.84. The van der Waals surface area contributed by atoms with Gasteiger partial charge in [-0.1, -0.05) is 13.3 Å². The summed E-state index contributed by atoms with van der Waals surface area (Å²) in [5.74, 6) is 0.903. The number of rotatable bonds is 8. The van der Waals surface area contributed by atoms with E-state index in [-0.39, 0.29) is 0 Å². The van der Waals surface area contributed by atoms with E-state index >= 15 is 0 Å². The molecule has 1 N–H and O–H groups in total. The van der Waals surface area contributed by atoms with E-state index in [1.54, 1.807) is 0 Å². The van der Waals surface area contributed by atoms with E-state index in [1.807, 2.05) is 0 Å². The van der Waals surface area contributed by atoms with E-state index in [2.05, 4.69) is 48.2 Å². The van der Waals surface area contributed by atoms with Crippen LogP contribution in [0.4, 0.5) is 5.69 Å². The summed E-state index contributed by atoms with van der Waals surface area (Å²) in [5, 5.41) is 3.50. The SMILES string of the molecule is CCCNCc1cnc(C)cc1N(CC)CC1CCC1. The fourth-order valence-corrected chi connectivity index (χ4v) is 2.79. The third kappa shape index (κ3) is 3.95. The van der Waals surface area contributed by atoms with Gasteiger partial charge < -0.3 is 10.2 Å². The van der Waals surface area contributed by atoms with E-state index < -0.39 is 0 Å². The summed E-state index contributed by atoms with van der Waals surface area (Å²) in [6.45, 7) is 10.8. The number of hydrogen-bond donors (Lipinski definition) is 1. The molecule has 0 bridgehead atoms. The second kappa shape index (κ2) is 7.63. The lowest BCUT2D eigenvalue weighted by atomic mass is 9.85. The van der Waals surface area contributed by atoms with Crippen molar-refractivity contribution in [2.45, 2.75) is 53.0 Å². The van der Waals surface area contributed by atoms with Crippen molar-refractivity contribution < 1.29 is 0 Å². The highest BCUT2D eigenvalue weighted by Crippen LogP contribution is 2.30. The average molecular weight is 275 g/mol. The molecule has 1 aromatic heterocycles. The largest absolute Gasteiger partial charge is 0.371 e. The molecule has 1 heterocycles. The van der Waals surface area contributed by atoms with Crippen LogP contribution < -0.4 is 10.2 Å². The molecule has 1 aliphatic rings. The summed E-state index contributed by atoms with van der Waals surface area (Å²) in [7, 11) is 0. The molecule has 2 rings (SSSR count). The average Bonchev–Trinajstić information content (AvgIpc) is 2.40. The van der Waals surface area contributed by atoms with Gasteiger partial charge in [-0.3, -0.25) is 4.98 Å². The zero-order chi connectivity index (χ0) is 14.4. The van der Waals surface area contributed by atoms with Crippen molar-refractivity contribution >= 4 is 5.69 Å². The molecule has 0 spiro atoms. The minimum absolute atomic E-state index is 0.903. The van der Waals surface area contributed by atoms with Crippen LogP contribution in [0.5, 0.6) is 0 Å². The molecule has 3 heteroatoms. The van der Waals surface area contributed by atoms with Gasteiger partial charge in [0.15, 0.2) is 0 Å². The number of anilines is 1. The van der Waals surface area contributed by atoms with Gasteiger partial charge in [0.05, 0.1) is 0 Å². The first kappa shape index (κ1) is 15.3. The highest BCUT2D eigenvalue weighted by molar-refractivity contribution is 5.53. The van der Waals surface area contributed by atoms with E-state index in [0.717, 1.165) is 31.2 Å². The third-order valence-corrected chi connectivity index (χ3v) is 4.27. The standard InChI is InChI=1S/C17H29N3/c1-4-9-18-11-16-12-19-14(3)10-17(16)20(5-2)13-15-7-6-8-15/h10,12,15,18H,4-9,11,13H2,1-3H3. The van der Waals surface area contributed by atoms with Gasteiger partial charge in [0.2, 0.25) is 0 Å². The Hall–Kier alpha value is -1.09. The Morgan fingerprint density at radius 1 is 1.35 bits per heavy atom. The van der Waals surface area contributed by atoms with Crippen molar-refractivity contribution in [1.29, 1.82) is 0 Å². The van der Waals surface area contributed by atoms with Crippen LogP contribution in [0.1, 0.15) is 50.8 Å². The zero-order valence-electron chi connectivity index (χ0n) is 13.3. The molecule has 1 aliphatic carbocycles. The van der Waals surface area contributed by atoms with Gasteiger partial charge in [0.1, 0.15) is 0 Å². The summed E-state index contributed by atoms with van der Waals surface area (Å²) in [4.78, 5) is 7.02. The van der Waals surface area contributed by atoms with E-state index in [1.165, 1.54) is 43.5 Å². The minimum atomic E-state index is 0.903. The maximum atomic E-state index is 4.48. The molecule has 3 nitrogen and oxygen atoms in total. The van der Waals surface area contributed by atoms with Gasteiger partial charge in [-0.05, 0) is 51.6 Å². The monoisotopic (exact) mass is 275 g/mol. The van der Waals surface area contributed by atoms with Gasteiger partial charge in [-0.2, -0.15) is 0 Å². The van der Waals surface area contributed by atoms with Gasteiger partial charge in [0.25, 0.3) is 0 Å². The van der Waals surface area contributed by atoms with Crippen LogP contribution >= 0.6 is 0 Å². The van der Waals surface area contributed by atoms with Gasteiger partial charge in [-0.25, -0.2) is 0 Å². The molecule has 0 unspecified atom stereocenters. The van der Waals surface area contributed by atoms with E-state index in [4.69, 9.17) is 0 Å². The highest BCUT2D eigenvalue weighted by Gasteiger charge is 2.21.